The number of carbonyl (C=O) groups is 3. The zero-order valence-electron chi connectivity index (χ0n) is 15.2. The molecule has 2 aromatic rings. The van der Waals surface area contributed by atoms with E-state index < -0.39 is 12.5 Å². The van der Waals surface area contributed by atoms with E-state index in [1.54, 1.807) is 31.4 Å². The van der Waals surface area contributed by atoms with Crippen LogP contribution in [0.15, 0.2) is 48.5 Å². The molecule has 0 fully saturated rings. The Labute approximate surface area is 157 Å². The Kier molecular flexibility index (Phi) is 6.93. The van der Waals surface area contributed by atoms with Gasteiger partial charge in [-0.1, -0.05) is 24.3 Å². The fourth-order valence-electron chi connectivity index (χ4n) is 2.42. The molecule has 7 nitrogen and oxygen atoms in total. The molecule has 0 heterocycles. The second-order valence-corrected chi connectivity index (χ2v) is 6.03. The molecule has 0 saturated heterocycles. The van der Waals surface area contributed by atoms with E-state index in [9.17, 15) is 14.4 Å². The number of carboxylic acid groups (broad SMARTS) is 1. The van der Waals surface area contributed by atoms with Crippen molar-refractivity contribution in [3.8, 4) is 5.75 Å². The molecule has 0 bridgehead atoms. The maximum atomic E-state index is 12.4. The largest absolute Gasteiger partial charge is 0.497 e. The van der Waals surface area contributed by atoms with E-state index in [4.69, 9.17) is 9.84 Å². The molecule has 1 unspecified atom stereocenters. The van der Waals surface area contributed by atoms with Crippen LogP contribution in [0.2, 0.25) is 0 Å². The van der Waals surface area contributed by atoms with E-state index in [2.05, 4.69) is 10.6 Å². The highest BCUT2D eigenvalue weighted by atomic mass is 16.5. The van der Waals surface area contributed by atoms with Crippen molar-refractivity contribution in [3.63, 3.8) is 0 Å². The first-order valence-electron chi connectivity index (χ1n) is 8.41. The van der Waals surface area contributed by atoms with E-state index in [1.807, 2.05) is 31.2 Å². The summed E-state index contributed by atoms with van der Waals surface area (Å²) in [5.74, 6) is -1.21. The molecule has 0 aliphatic carbocycles. The van der Waals surface area contributed by atoms with Gasteiger partial charge in [0.1, 0.15) is 12.3 Å². The molecular formula is C20H22N2O5. The van der Waals surface area contributed by atoms with Crippen LogP contribution in [0, 0.1) is 0 Å². The van der Waals surface area contributed by atoms with E-state index in [0.29, 0.717) is 5.69 Å². The van der Waals surface area contributed by atoms with Gasteiger partial charge in [-0.15, -0.1) is 0 Å². The lowest BCUT2D eigenvalue weighted by molar-refractivity contribution is -0.137. The van der Waals surface area contributed by atoms with Gasteiger partial charge in [0.15, 0.2) is 0 Å². The number of rotatable bonds is 8. The number of methoxy groups -OCH3 is 1. The van der Waals surface area contributed by atoms with E-state index in [1.165, 1.54) is 0 Å². The van der Waals surface area contributed by atoms with Gasteiger partial charge in [0, 0.05) is 5.69 Å². The van der Waals surface area contributed by atoms with Crippen LogP contribution in [-0.2, 0) is 20.8 Å². The molecule has 27 heavy (non-hydrogen) atoms. The quantitative estimate of drug-likeness (QED) is 0.661. The van der Waals surface area contributed by atoms with E-state index in [-0.39, 0.29) is 24.2 Å². The lowest BCUT2D eigenvalue weighted by Gasteiger charge is -2.13. The van der Waals surface area contributed by atoms with Crippen LogP contribution in [0.25, 0.3) is 0 Å². The van der Waals surface area contributed by atoms with Gasteiger partial charge >= 0.3 is 5.97 Å². The van der Waals surface area contributed by atoms with Gasteiger partial charge in [0.05, 0.1) is 19.4 Å². The Morgan fingerprint density at radius 2 is 1.67 bits per heavy atom. The molecule has 0 aliphatic rings. The third-order valence-electron chi connectivity index (χ3n) is 4.03. The van der Waals surface area contributed by atoms with Crippen LogP contribution in [0.4, 0.5) is 5.69 Å². The van der Waals surface area contributed by atoms with Crippen molar-refractivity contribution in [1.29, 1.82) is 0 Å². The zero-order chi connectivity index (χ0) is 19.8. The second kappa shape index (κ2) is 9.38. The highest BCUT2D eigenvalue weighted by molar-refractivity contribution is 5.95. The van der Waals surface area contributed by atoms with E-state index in [0.717, 1.165) is 16.9 Å². The maximum Gasteiger partial charge on any atom is 0.322 e. The number of ether oxygens (including phenoxy) is 1. The molecule has 2 rings (SSSR count). The summed E-state index contributed by atoms with van der Waals surface area (Å²) in [4.78, 5) is 34.5. The summed E-state index contributed by atoms with van der Waals surface area (Å²) in [6.07, 6.45) is 0.0732. The Morgan fingerprint density at radius 3 is 2.22 bits per heavy atom. The van der Waals surface area contributed by atoms with Gasteiger partial charge < -0.3 is 20.5 Å². The fraction of sp³-hybridized carbons (Fsp3) is 0.250. The van der Waals surface area contributed by atoms with Gasteiger partial charge in [0.25, 0.3) is 0 Å². The monoisotopic (exact) mass is 370 g/mol. The lowest BCUT2D eigenvalue weighted by atomic mass is 10.00. The average Bonchev–Trinajstić information content (AvgIpc) is 2.67. The Balaban J connectivity index is 1.91. The van der Waals surface area contributed by atoms with Gasteiger partial charge in [-0.05, 0) is 42.3 Å². The molecule has 0 spiro atoms. The number of hydrogen-bond acceptors (Lipinski definition) is 4. The third kappa shape index (κ3) is 6.14. The van der Waals surface area contributed by atoms with Crippen molar-refractivity contribution in [3.05, 3.63) is 59.7 Å². The van der Waals surface area contributed by atoms with Crippen molar-refractivity contribution >= 4 is 23.5 Å². The van der Waals surface area contributed by atoms with Crippen molar-refractivity contribution in [2.45, 2.75) is 19.3 Å². The Bertz CT molecular complexity index is 800. The molecule has 142 valence electrons. The van der Waals surface area contributed by atoms with Crippen LogP contribution < -0.4 is 15.4 Å². The number of aliphatic carboxylic acids is 1. The molecule has 0 aliphatic heterocycles. The van der Waals surface area contributed by atoms with Crippen molar-refractivity contribution < 1.29 is 24.2 Å². The zero-order valence-corrected chi connectivity index (χ0v) is 15.2. The minimum atomic E-state index is -1.09. The summed E-state index contributed by atoms with van der Waals surface area (Å²) in [7, 11) is 1.59. The van der Waals surface area contributed by atoms with Crippen LogP contribution >= 0.6 is 0 Å². The Morgan fingerprint density at radius 1 is 1.04 bits per heavy atom. The standard InChI is InChI=1S/C20H22N2O5/c1-13(15-5-9-17(27-2)10-6-15)20(26)22-16-7-3-14(4-8-16)11-18(23)21-12-19(24)25/h3-10,13H,11-12H2,1-2H3,(H,21,23)(H,22,26)(H,24,25). The summed E-state index contributed by atoms with van der Waals surface area (Å²) in [6.45, 7) is 1.41. The van der Waals surface area contributed by atoms with Gasteiger partial charge in [-0.25, -0.2) is 0 Å². The van der Waals surface area contributed by atoms with Crippen LogP contribution in [-0.4, -0.2) is 36.5 Å². The number of carbonyl (C=O) groups excluding carboxylic acids is 2. The normalized spacial score (nSPS) is 11.3. The second-order valence-electron chi connectivity index (χ2n) is 6.03. The minimum Gasteiger partial charge on any atom is -0.497 e. The summed E-state index contributed by atoms with van der Waals surface area (Å²) in [5.41, 5.74) is 2.22. The molecule has 3 N–H and O–H groups in total. The molecule has 0 saturated carbocycles. The summed E-state index contributed by atoms with van der Waals surface area (Å²) < 4.78 is 5.11. The number of hydrogen-bond donors (Lipinski definition) is 3. The van der Waals surface area contributed by atoms with Crippen LogP contribution in [0.3, 0.4) is 0 Å². The molecule has 1 atom stereocenters. The maximum absolute atomic E-state index is 12.4. The van der Waals surface area contributed by atoms with Gasteiger partial charge in [-0.2, -0.15) is 0 Å². The van der Waals surface area contributed by atoms with Crippen molar-refractivity contribution in [2.24, 2.45) is 0 Å². The summed E-state index contributed by atoms with van der Waals surface area (Å²) in [5, 5.41) is 13.7. The topological polar surface area (TPSA) is 105 Å². The molecule has 0 radical (unpaired) electrons. The Hall–Kier alpha value is -3.35. The molecule has 7 heteroatoms. The van der Waals surface area contributed by atoms with E-state index >= 15 is 0 Å². The molecular weight excluding hydrogens is 348 g/mol. The highest BCUT2D eigenvalue weighted by Gasteiger charge is 2.15. The number of carboxylic acids is 1. The number of benzene rings is 2. The number of anilines is 1. The predicted molar refractivity (Wildman–Crippen MR) is 101 cm³/mol. The highest BCUT2D eigenvalue weighted by Crippen LogP contribution is 2.21. The summed E-state index contributed by atoms with van der Waals surface area (Å²) in [6, 6.07) is 14.2. The predicted octanol–water partition coefficient (Wildman–Crippen LogP) is 2.18. The number of amides is 2. The van der Waals surface area contributed by atoms with Gasteiger partial charge in [-0.3, -0.25) is 14.4 Å². The molecule has 2 aromatic carbocycles. The third-order valence-corrected chi connectivity index (χ3v) is 4.03. The fourth-order valence-corrected chi connectivity index (χ4v) is 2.42. The van der Waals surface area contributed by atoms with Gasteiger partial charge in [0.2, 0.25) is 11.8 Å². The molecule has 2 amide bonds. The first-order valence-corrected chi connectivity index (χ1v) is 8.41. The van der Waals surface area contributed by atoms with Crippen LogP contribution in [0.5, 0.6) is 5.75 Å². The lowest BCUT2D eigenvalue weighted by Crippen LogP contribution is -2.30. The average molecular weight is 370 g/mol. The smallest absolute Gasteiger partial charge is 0.322 e. The first-order chi connectivity index (χ1) is 12.9. The first kappa shape index (κ1) is 20.0. The van der Waals surface area contributed by atoms with Crippen LogP contribution in [0.1, 0.15) is 24.0 Å². The summed E-state index contributed by atoms with van der Waals surface area (Å²) >= 11 is 0. The molecule has 0 aromatic heterocycles. The van der Waals surface area contributed by atoms with Crippen molar-refractivity contribution in [1.82, 2.24) is 5.32 Å². The SMILES string of the molecule is COc1ccc(C(C)C(=O)Nc2ccc(CC(=O)NCC(=O)O)cc2)cc1. The van der Waals surface area contributed by atoms with Crippen molar-refractivity contribution in [2.75, 3.05) is 19.0 Å². The number of nitrogens with one attached hydrogen (secondary N) is 2. The minimum absolute atomic E-state index is 0.0732.